The minimum absolute atomic E-state index is 0. The summed E-state index contributed by atoms with van der Waals surface area (Å²) in [5.74, 6) is -0.702. The first-order chi connectivity index (χ1) is 8.58. The van der Waals surface area contributed by atoms with Gasteiger partial charge in [-0.1, -0.05) is 12.1 Å². The zero-order valence-electron chi connectivity index (χ0n) is 10.5. The number of hydrogen-bond donors (Lipinski definition) is 3. The fraction of sp³-hybridized carbons (Fsp3) is 0.385. The van der Waals surface area contributed by atoms with Crippen LogP contribution in [-0.4, -0.2) is 17.9 Å². The Labute approximate surface area is 118 Å². The molecule has 0 bridgehead atoms. The Morgan fingerprint density at radius 1 is 1.21 bits per heavy atom. The smallest absolute Gasteiger partial charge is 0.250 e. The van der Waals surface area contributed by atoms with Gasteiger partial charge in [0.1, 0.15) is 0 Å². The van der Waals surface area contributed by atoms with E-state index in [1.807, 2.05) is 0 Å². The van der Waals surface area contributed by atoms with E-state index in [9.17, 15) is 9.59 Å². The summed E-state index contributed by atoms with van der Waals surface area (Å²) >= 11 is 0. The molecule has 1 aliphatic carbocycles. The molecule has 2 rings (SSSR count). The Morgan fingerprint density at radius 2 is 1.89 bits per heavy atom. The van der Waals surface area contributed by atoms with Crippen molar-refractivity contribution in [3.05, 3.63) is 29.8 Å². The van der Waals surface area contributed by atoms with Gasteiger partial charge in [0.2, 0.25) is 5.91 Å². The molecule has 0 saturated heterocycles. The SMILES string of the molecule is Cl.NC(=O)c1ccccc1NC(=O)C1CCC(N)C1. The van der Waals surface area contributed by atoms with E-state index in [1.54, 1.807) is 24.3 Å². The van der Waals surface area contributed by atoms with Crippen molar-refractivity contribution in [2.45, 2.75) is 25.3 Å². The molecular weight excluding hydrogens is 266 g/mol. The molecule has 1 aromatic carbocycles. The molecule has 0 aromatic heterocycles. The van der Waals surface area contributed by atoms with Crippen LogP contribution in [0.15, 0.2) is 24.3 Å². The minimum Gasteiger partial charge on any atom is -0.366 e. The molecular formula is C13H18ClN3O2. The number of para-hydroxylation sites is 1. The topological polar surface area (TPSA) is 98.2 Å². The van der Waals surface area contributed by atoms with Crippen LogP contribution in [0.5, 0.6) is 0 Å². The molecule has 5 nitrogen and oxygen atoms in total. The lowest BCUT2D eigenvalue weighted by Gasteiger charge is -2.12. The first-order valence-corrected chi connectivity index (χ1v) is 6.03. The van der Waals surface area contributed by atoms with E-state index in [1.165, 1.54) is 0 Å². The Balaban J connectivity index is 0.00000180. The number of halogens is 1. The van der Waals surface area contributed by atoms with Crippen LogP contribution in [-0.2, 0) is 4.79 Å². The summed E-state index contributed by atoms with van der Waals surface area (Å²) in [4.78, 5) is 23.2. The highest BCUT2D eigenvalue weighted by atomic mass is 35.5. The van der Waals surface area contributed by atoms with Gasteiger partial charge in [-0.15, -0.1) is 12.4 Å². The van der Waals surface area contributed by atoms with E-state index in [2.05, 4.69) is 5.32 Å². The van der Waals surface area contributed by atoms with Crippen LogP contribution in [0.4, 0.5) is 5.69 Å². The van der Waals surface area contributed by atoms with Crippen LogP contribution in [0.2, 0.25) is 0 Å². The Hall–Kier alpha value is -1.59. The van der Waals surface area contributed by atoms with Crippen LogP contribution in [0.1, 0.15) is 29.6 Å². The second-order valence-corrected chi connectivity index (χ2v) is 4.67. The number of primary amides is 1. The number of nitrogens with one attached hydrogen (secondary N) is 1. The Bertz CT molecular complexity index is 479. The number of benzene rings is 1. The quantitative estimate of drug-likeness (QED) is 0.779. The summed E-state index contributed by atoms with van der Waals surface area (Å²) in [6.45, 7) is 0. The molecule has 0 spiro atoms. The molecule has 5 N–H and O–H groups in total. The summed E-state index contributed by atoms with van der Waals surface area (Å²) in [6.07, 6.45) is 2.37. The molecule has 2 amide bonds. The van der Waals surface area contributed by atoms with E-state index in [0.717, 1.165) is 12.8 Å². The molecule has 1 aliphatic rings. The molecule has 2 atom stereocenters. The number of amides is 2. The normalized spacial score (nSPS) is 21.5. The summed E-state index contributed by atoms with van der Waals surface area (Å²) in [6, 6.07) is 6.83. The van der Waals surface area contributed by atoms with Crippen molar-refractivity contribution < 1.29 is 9.59 Å². The molecule has 0 radical (unpaired) electrons. The van der Waals surface area contributed by atoms with Crippen LogP contribution in [0.25, 0.3) is 0 Å². The van der Waals surface area contributed by atoms with Crippen molar-refractivity contribution in [2.75, 3.05) is 5.32 Å². The van der Waals surface area contributed by atoms with Crippen molar-refractivity contribution in [3.8, 4) is 0 Å². The third kappa shape index (κ3) is 3.68. The number of carbonyl (C=O) groups is 2. The highest BCUT2D eigenvalue weighted by Crippen LogP contribution is 2.26. The predicted octanol–water partition coefficient (Wildman–Crippen LogP) is 1.27. The molecule has 0 aliphatic heterocycles. The maximum Gasteiger partial charge on any atom is 0.250 e. The van der Waals surface area contributed by atoms with Gasteiger partial charge in [0, 0.05) is 12.0 Å². The second-order valence-electron chi connectivity index (χ2n) is 4.67. The lowest BCUT2D eigenvalue weighted by molar-refractivity contribution is -0.119. The number of rotatable bonds is 3. The lowest BCUT2D eigenvalue weighted by Crippen LogP contribution is -2.24. The average molecular weight is 284 g/mol. The van der Waals surface area contributed by atoms with E-state index >= 15 is 0 Å². The third-order valence-corrected chi connectivity index (χ3v) is 3.29. The van der Waals surface area contributed by atoms with Gasteiger partial charge in [-0.05, 0) is 31.4 Å². The molecule has 0 heterocycles. The largest absolute Gasteiger partial charge is 0.366 e. The zero-order valence-corrected chi connectivity index (χ0v) is 11.3. The van der Waals surface area contributed by atoms with Crippen LogP contribution < -0.4 is 16.8 Å². The standard InChI is InChI=1S/C13H17N3O2.ClH/c14-9-6-5-8(7-9)13(18)16-11-4-2-1-3-10(11)12(15)17;/h1-4,8-9H,5-7,14H2,(H2,15,17)(H,16,18);1H. The van der Waals surface area contributed by atoms with Crippen molar-refractivity contribution in [1.29, 1.82) is 0 Å². The van der Waals surface area contributed by atoms with Gasteiger partial charge in [0.05, 0.1) is 11.3 Å². The fourth-order valence-corrected chi connectivity index (χ4v) is 2.30. The zero-order chi connectivity index (χ0) is 13.1. The molecule has 2 unspecified atom stereocenters. The highest BCUT2D eigenvalue weighted by Gasteiger charge is 2.28. The Morgan fingerprint density at radius 3 is 2.47 bits per heavy atom. The van der Waals surface area contributed by atoms with E-state index in [-0.39, 0.29) is 30.3 Å². The summed E-state index contributed by atoms with van der Waals surface area (Å²) in [7, 11) is 0. The van der Waals surface area contributed by atoms with Crippen molar-refractivity contribution in [3.63, 3.8) is 0 Å². The number of hydrogen-bond acceptors (Lipinski definition) is 3. The Kier molecular flexibility index (Phi) is 5.32. The number of carbonyl (C=O) groups excluding carboxylic acids is 2. The third-order valence-electron chi connectivity index (χ3n) is 3.29. The van der Waals surface area contributed by atoms with Gasteiger partial charge in [-0.2, -0.15) is 0 Å². The fourth-order valence-electron chi connectivity index (χ4n) is 2.30. The first-order valence-electron chi connectivity index (χ1n) is 6.03. The summed E-state index contributed by atoms with van der Waals surface area (Å²) < 4.78 is 0. The molecule has 1 aromatic rings. The summed E-state index contributed by atoms with van der Waals surface area (Å²) in [5, 5.41) is 2.76. The van der Waals surface area contributed by atoms with Crippen molar-refractivity contribution in [2.24, 2.45) is 17.4 Å². The van der Waals surface area contributed by atoms with Gasteiger partial charge in [0.25, 0.3) is 5.91 Å². The number of anilines is 1. The van der Waals surface area contributed by atoms with Crippen LogP contribution in [0.3, 0.4) is 0 Å². The van der Waals surface area contributed by atoms with E-state index in [0.29, 0.717) is 17.7 Å². The van der Waals surface area contributed by atoms with E-state index in [4.69, 9.17) is 11.5 Å². The van der Waals surface area contributed by atoms with Crippen molar-refractivity contribution >= 4 is 29.9 Å². The highest BCUT2D eigenvalue weighted by molar-refractivity contribution is 6.03. The summed E-state index contributed by atoms with van der Waals surface area (Å²) in [5.41, 5.74) is 11.8. The minimum atomic E-state index is -0.547. The monoisotopic (exact) mass is 283 g/mol. The maximum atomic E-state index is 12.0. The molecule has 1 saturated carbocycles. The van der Waals surface area contributed by atoms with Gasteiger partial charge in [0.15, 0.2) is 0 Å². The molecule has 19 heavy (non-hydrogen) atoms. The number of nitrogens with two attached hydrogens (primary N) is 2. The molecule has 1 fully saturated rings. The molecule has 6 heteroatoms. The van der Waals surface area contributed by atoms with Gasteiger partial charge >= 0.3 is 0 Å². The van der Waals surface area contributed by atoms with Crippen LogP contribution >= 0.6 is 12.4 Å². The van der Waals surface area contributed by atoms with Crippen molar-refractivity contribution in [1.82, 2.24) is 0 Å². The maximum absolute atomic E-state index is 12.0. The van der Waals surface area contributed by atoms with Gasteiger partial charge in [-0.25, -0.2) is 0 Å². The lowest BCUT2D eigenvalue weighted by atomic mass is 10.1. The van der Waals surface area contributed by atoms with Crippen LogP contribution in [0, 0.1) is 5.92 Å². The second kappa shape index (κ2) is 6.54. The van der Waals surface area contributed by atoms with E-state index < -0.39 is 5.91 Å². The van der Waals surface area contributed by atoms with Gasteiger partial charge in [-0.3, -0.25) is 9.59 Å². The first kappa shape index (κ1) is 15.5. The average Bonchev–Trinajstić information content (AvgIpc) is 2.76. The van der Waals surface area contributed by atoms with Gasteiger partial charge < -0.3 is 16.8 Å². The molecule has 104 valence electrons. The predicted molar refractivity (Wildman–Crippen MR) is 76.2 cm³/mol.